The Bertz CT molecular complexity index is 598. The molecule has 3 unspecified atom stereocenters. The Balaban J connectivity index is 1.52. The molecule has 1 aliphatic carbocycles. The Hall–Kier alpha value is -1.16. The molecule has 3 nitrogen and oxygen atoms in total. The predicted octanol–water partition coefficient (Wildman–Crippen LogP) is 5.26. The number of hydrogen-bond donors (Lipinski definition) is 0. The lowest BCUT2D eigenvalue weighted by molar-refractivity contribution is -0.0604. The van der Waals surface area contributed by atoms with E-state index in [9.17, 15) is 0 Å². The van der Waals surface area contributed by atoms with Gasteiger partial charge in [-0.2, -0.15) is 0 Å². The van der Waals surface area contributed by atoms with Gasteiger partial charge >= 0.3 is 0 Å². The average molecular weight is 372 g/mol. The van der Waals surface area contributed by atoms with E-state index in [0.717, 1.165) is 30.9 Å². The van der Waals surface area contributed by atoms with Crippen LogP contribution >= 0.6 is 0 Å². The molecule has 3 rings (SSSR count). The molecular formula is C24H37NO2. The van der Waals surface area contributed by atoms with E-state index in [0.29, 0.717) is 5.92 Å². The number of ether oxygens (including phenoxy) is 2. The molecule has 0 aromatic rings. The third-order valence-corrected chi connectivity index (χ3v) is 6.27. The maximum atomic E-state index is 6.21. The van der Waals surface area contributed by atoms with Crippen molar-refractivity contribution in [3.8, 4) is 0 Å². The molecule has 2 heterocycles. The van der Waals surface area contributed by atoms with E-state index in [4.69, 9.17) is 9.47 Å². The zero-order chi connectivity index (χ0) is 19.3. The summed E-state index contributed by atoms with van der Waals surface area (Å²) < 4.78 is 12.1. The fourth-order valence-electron chi connectivity index (χ4n) is 4.66. The quantitative estimate of drug-likeness (QED) is 0.615. The third-order valence-electron chi connectivity index (χ3n) is 6.27. The van der Waals surface area contributed by atoms with Crippen LogP contribution in [0.1, 0.15) is 52.4 Å². The highest BCUT2D eigenvalue weighted by molar-refractivity contribution is 5.35. The lowest BCUT2D eigenvalue weighted by Gasteiger charge is -2.20. The predicted molar refractivity (Wildman–Crippen MR) is 113 cm³/mol. The highest BCUT2D eigenvalue weighted by Crippen LogP contribution is 2.40. The van der Waals surface area contributed by atoms with Crippen molar-refractivity contribution in [2.45, 2.75) is 64.3 Å². The van der Waals surface area contributed by atoms with Gasteiger partial charge in [0, 0.05) is 12.1 Å². The van der Waals surface area contributed by atoms with Crippen molar-refractivity contribution in [1.29, 1.82) is 0 Å². The van der Waals surface area contributed by atoms with Crippen LogP contribution in [0.25, 0.3) is 0 Å². The van der Waals surface area contributed by atoms with Crippen LogP contribution in [-0.4, -0.2) is 43.5 Å². The summed E-state index contributed by atoms with van der Waals surface area (Å²) in [5, 5.41) is 0. The lowest BCUT2D eigenvalue weighted by Crippen LogP contribution is -2.28. The standard InChI is InChI=1S/C24H37NO2/c1-5-21(10-11-22-12-15-25(4)17-19(2)16-22)9-8-20(3)23-26-18-24(27-23)13-6-7-14-24/h5,8-11,19,22-23H,3,6-7,12-18H2,1-2,4H3. The van der Waals surface area contributed by atoms with E-state index in [1.165, 1.54) is 44.3 Å². The van der Waals surface area contributed by atoms with Crippen LogP contribution in [0.3, 0.4) is 0 Å². The van der Waals surface area contributed by atoms with Gasteiger partial charge in [0.15, 0.2) is 6.29 Å². The summed E-state index contributed by atoms with van der Waals surface area (Å²) in [6, 6.07) is 0. The first kappa shape index (κ1) is 20.6. The molecule has 0 amide bonds. The van der Waals surface area contributed by atoms with Crippen LogP contribution in [-0.2, 0) is 9.47 Å². The molecule has 0 aromatic carbocycles. The minimum atomic E-state index is -0.278. The second-order valence-corrected chi connectivity index (χ2v) is 8.86. The van der Waals surface area contributed by atoms with Gasteiger partial charge in [-0.15, -0.1) is 0 Å². The lowest BCUT2D eigenvalue weighted by atomic mass is 9.94. The van der Waals surface area contributed by atoms with Crippen molar-refractivity contribution in [3.63, 3.8) is 0 Å². The molecule has 3 aliphatic rings. The first-order chi connectivity index (χ1) is 13.0. The summed E-state index contributed by atoms with van der Waals surface area (Å²) >= 11 is 0. The Kier molecular flexibility index (Phi) is 7.13. The Morgan fingerprint density at radius 1 is 1.19 bits per heavy atom. The Morgan fingerprint density at radius 3 is 2.70 bits per heavy atom. The molecule has 3 atom stereocenters. The van der Waals surface area contributed by atoms with Crippen molar-refractivity contribution >= 4 is 0 Å². The molecule has 3 heteroatoms. The molecule has 1 saturated carbocycles. The van der Waals surface area contributed by atoms with Crippen molar-refractivity contribution in [2.24, 2.45) is 11.8 Å². The van der Waals surface area contributed by atoms with E-state index in [1.807, 2.05) is 0 Å². The summed E-state index contributed by atoms with van der Waals surface area (Å²) in [4.78, 5) is 2.46. The highest BCUT2D eigenvalue weighted by Gasteiger charge is 2.43. The maximum Gasteiger partial charge on any atom is 0.184 e. The van der Waals surface area contributed by atoms with E-state index >= 15 is 0 Å². The van der Waals surface area contributed by atoms with Gasteiger partial charge in [-0.25, -0.2) is 0 Å². The van der Waals surface area contributed by atoms with Crippen LogP contribution < -0.4 is 0 Å². The highest BCUT2D eigenvalue weighted by atomic mass is 16.7. The zero-order valence-corrected chi connectivity index (χ0v) is 17.5. The van der Waals surface area contributed by atoms with Gasteiger partial charge in [0.05, 0.1) is 12.2 Å². The Morgan fingerprint density at radius 2 is 1.96 bits per heavy atom. The van der Waals surface area contributed by atoms with Crippen molar-refractivity contribution < 1.29 is 9.47 Å². The average Bonchev–Trinajstić information content (AvgIpc) is 3.25. The van der Waals surface area contributed by atoms with Gasteiger partial charge in [-0.1, -0.05) is 56.7 Å². The molecule has 2 saturated heterocycles. The normalized spacial score (nSPS) is 32.7. The van der Waals surface area contributed by atoms with Crippen molar-refractivity contribution in [3.05, 3.63) is 48.1 Å². The Labute approximate surface area is 165 Å². The molecule has 3 fully saturated rings. The van der Waals surface area contributed by atoms with Crippen LogP contribution in [0.15, 0.2) is 48.1 Å². The fraction of sp³-hybridized carbons (Fsp3) is 0.667. The van der Waals surface area contributed by atoms with Gasteiger partial charge in [0.1, 0.15) is 0 Å². The van der Waals surface area contributed by atoms with Gasteiger partial charge in [0.2, 0.25) is 0 Å². The molecule has 0 aromatic heterocycles. The third kappa shape index (κ3) is 5.66. The fourth-order valence-corrected chi connectivity index (χ4v) is 4.66. The van der Waals surface area contributed by atoms with Crippen molar-refractivity contribution in [2.75, 3.05) is 26.7 Å². The molecule has 27 heavy (non-hydrogen) atoms. The van der Waals surface area contributed by atoms with Crippen molar-refractivity contribution in [1.82, 2.24) is 4.90 Å². The largest absolute Gasteiger partial charge is 0.345 e. The van der Waals surface area contributed by atoms with Gasteiger partial charge in [-0.05, 0) is 63.6 Å². The SMILES string of the molecule is C=C(C=CC(C=CC1CCN(C)CC(C)C1)=CC)C1OCC2(CCCC2)O1. The number of allylic oxidation sites excluding steroid dienone is 5. The zero-order valence-electron chi connectivity index (χ0n) is 17.5. The van der Waals surface area contributed by atoms with Crippen LogP contribution in [0, 0.1) is 11.8 Å². The first-order valence-corrected chi connectivity index (χ1v) is 10.7. The van der Waals surface area contributed by atoms with Crippen LogP contribution in [0.4, 0.5) is 0 Å². The summed E-state index contributed by atoms with van der Waals surface area (Å²) in [5.74, 6) is 1.43. The molecular weight excluding hydrogens is 334 g/mol. The maximum absolute atomic E-state index is 6.21. The smallest absolute Gasteiger partial charge is 0.184 e. The van der Waals surface area contributed by atoms with E-state index in [1.54, 1.807) is 0 Å². The number of rotatable bonds is 5. The summed E-state index contributed by atoms with van der Waals surface area (Å²) in [6.45, 7) is 11.8. The second-order valence-electron chi connectivity index (χ2n) is 8.86. The summed E-state index contributed by atoms with van der Waals surface area (Å²) in [5.41, 5.74) is 2.10. The minimum Gasteiger partial charge on any atom is -0.345 e. The molecule has 0 radical (unpaired) electrons. The second kappa shape index (κ2) is 9.36. The number of nitrogens with zero attached hydrogens (tertiary/aromatic N) is 1. The molecule has 1 spiro atoms. The summed E-state index contributed by atoms with van der Waals surface area (Å²) in [6.07, 6.45) is 18.0. The van der Waals surface area contributed by atoms with Crippen LogP contribution in [0.5, 0.6) is 0 Å². The number of likely N-dealkylation sites (tertiary alicyclic amines) is 1. The van der Waals surface area contributed by atoms with E-state index < -0.39 is 0 Å². The van der Waals surface area contributed by atoms with Gasteiger partial charge in [-0.3, -0.25) is 0 Å². The monoisotopic (exact) mass is 371 g/mol. The molecule has 2 aliphatic heterocycles. The number of hydrogen-bond acceptors (Lipinski definition) is 3. The molecule has 0 bridgehead atoms. The van der Waals surface area contributed by atoms with Gasteiger partial charge < -0.3 is 14.4 Å². The van der Waals surface area contributed by atoms with E-state index in [-0.39, 0.29) is 11.9 Å². The molecule has 0 N–H and O–H groups in total. The van der Waals surface area contributed by atoms with Crippen LogP contribution in [0.2, 0.25) is 0 Å². The first-order valence-electron chi connectivity index (χ1n) is 10.7. The summed E-state index contributed by atoms with van der Waals surface area (Å²) in [7, 11) is 2.23. The van der Waals surface area contributed by atoms with Gasteiger partial charge in [0.25, 0.3) is 0 Å². The topological polar surface area (TPSA) is 21.7 Å². The van der Waals surface area contributed by atoms with E-state index in [2.05, 4.69) is 62.8 Å². The minimum absolute atomic E-state index is 0.0336. The molecule has 150 valence electrons.